The van der Waals surface area contributed by atoms with Crippen molar-refractivity contribution >= 4 is 0 Å². The Hall–Kier alpha value is -0.460. The summed E-state index contributed by atoms with van der Waals surface area (Å²) in [6.07, 6.45) is 22.0. The first-order valence-corrected chi connectivity index (χ1v) is 8.64. The third-order valence-corrected chi connectivity index (χ3v) is 3.60. The van der Waals surface area contributed by atoms with Crippen LogP contribution in [0, 0.1) is 0 Å². The van der Waals surface area contributed by atoms with E-state index in [0.29, 0.717) is 0 Å². The minimum absolute atomic E-state index is 0.891. The van der Waals surface area contributed by atoms with Crippen molar-refractivity contribution in [2.75, 3.05) is 6.61 Å². The van der Waals surface area contributed by atoms with Gasteiger partial charge in [-0.2, -0.15) is 0 Å². The third kappa shape index (κ3) is 17.5. The molecule has 0 aliphatic rings. The van der Waals surface area contributed by atoms with E-state index in [1.54, 1.807) is 6.26 Å². The van der Waals surface area contributed by atoms with Gasteiger partial charge < -0.3 is 4.74 Å². The number of hydrogen-bond acceptors (Lipinski definition) is 1. The van der Waals surface area contributed by atoms with Gasteiger partial charge in [0.1, 0.15) is 0 Å². The molecule has 19 heavy (non-hydrogen) atoms. The molecule has 1 nitrogen and oxygen atoms in total. The fourth-order valence-corrected chi connectivity index (χ4v) is 2.37. The van der Waals surface area contributed by atoms with Crippen LogP contribution in [0.1, 0.15) is 97.3 Å². The average Bonchev–Trinajstić information content (AvgIpc) is 2.43. The lowest BCUT2D eigenvalue weighted by atomic mass is 10.0. The van der Waals surface area contributed by atoms with Crippen molar-refractivity contribution in [3.05, 3.63) is 12.3 Å². The van der Waals surface area contributed by atoms with Crippen LogP contribution in [0.15, 0.2) is 12.3 Å². The number of rotatable bonds is 15. The summed E-state index contributed by atoms with van der Waals surface area (Å²) in [7, 11) is 0. The minimum atomic E-state index is 0.891. The molecule has 0 N–H and O–H groups in total. The summed E-state index contributed by atoms with van der Waals surface area (Å²) >= 11 is 0. The highest BCUT2D eigenvalue weighted by atomic mass is 16.5. The molecular formula is C18H36O. The van der Waals surface area contributed by atoms with Crippen LogP contribution in [0.25, 0.3) is 0 Å². The van der Waals surface area contributed by atoms with Crippen LogP contribution in [0.3, 0.4) is 0 Å². The molecule has 0 spiro atoms. The van der Waals surface area contributed by atoms with Crippen LogP contribution in [-0.4, -0.2) is 6.61 Å². The van der Waals surface area contributed by atoms with Gasteiger partial charge in [-0.3, -0.25) is 0 Å². The summed E-state index contributed by atoms with van der Waals surface area (Å²) in [6, 6.07) is 0. The Labute approximate surface area is 121 Å². The Kier molecular flexibility index (Phi) is 17.1. The van der Waals surface area contributed by atoms with E-state index in [4.69, 9.17) is 4.74 Å². The minimum Gasteiger partial charge on any atom is -0.502 e. The summed E-state index contributed by atoms with van der Waals surface area (Å²) in [6.45, 7) is 5.17. The molecule has 0 atom stereocenters. The Morgan fingerprint density at radius 1 is 0.632 bits per heavy atom. The molecule has 0 saturated heterocycles. The maximum Gasteiger partial charge on any atom is 0.0873 e. The van der Waals surface area contributed by atoms with Gasteiger partial charge in [-0.1, -0.05) is 90.0 Å². The standard InChI is InChI=1S/C18H36O/c1-3-5-6-7-8-9-10-11-12-13-14-15-16-18-19-17-4-2/h4,17H,3,5-16,18H2,1-2H3. The summed E-state index contributed by atoms with van der Waals surface area (Å²) in [5, 5.41) is 0. The maximum absolute atomic E-state index is 5.30. The van der Waals surface area contributed by atoms with Crippen molar-refractivity contribution in [3.8, 4) is 0 Å². The molecule has 0 aliphatic carbocycles. The molecule has 0 aliphatic heterocycles. The predicted octanol–water partition coefficient (Wildman–Crippen LogP) is 6.63. The van der Waals surface area contributed by atoms with Gasteiger partial charge in [-0.15, -0.1) is 0 Å². The quantitative estimate of drug-likeness (QED) is 0.239. The van der Waals surface area contributed by atoms with E-state index in [-0.39, 0.29) is 0 Å². The second kappa shape index (κ2) is 17.5. The molecule has 0 aromatic heterocycles. The van der Waals surface area contributed by atoms with Crippen molar-refractivity contribution in [1.82, 2.24) is 0 Å². The van der Waals surface area contributed by atoms with Crippen molar-refractivity contribution in [3.63, 3.8) is 0 Å². The lowest BCUT2D eigenvalue weighted by Crippen LogP contribution is -1.88. The molecule has 1 heteroatoms. The smallest absolute Gasteiger partial charge is 0.0873 e. The van der Waals surface area contributed by atoms with E-state index in [1.165, 1.54) is 83.5 Å². The van der Waals surface area contributed by atoms with Crippen LogP contribution in [0.2, 0.25) is 0 Å². The van der Waals surface area contributed by atoms with Gasteiger partial charge in [0.05, 0.1) is 12.9 Å². The Morgan fingerprint density at radius 2 is 1.05 bits per heavy atom. The third-order valence-electron chi connectivity index (χ3n) is 3.60. The first kappa shape index (κ1) is 18.5. The van der Waals surface area contributed by atoms with E-state index in [2.05, 4.69) is 6.92 Å². The molecule has 0 unspecified atom stereocenters. The summed E-state index contributed by atoms with van der Waals surface area (Å²) < 4.78 is 5.30. The van der Waals surface area contributed by atoms with Crippen LogP contribution < -0.4 is 0 Å². The van der Waals surface area contributed by atoms with Crippen molar-refractivity contribution in [2.24, 2.45) is 0 Å². The summed E-state index contributed by atoms with van der Waals surface area (Å²) in [5.74, 6) is 0. The zero-order valence-corrected chi connectivity index (χ0v) is 13.5. The van der Waals surface area contributed by atoms with E-state index in [9.17, 15) is 0 Å². The van der Waals surface area contributed by atoms with Crippen LogP contribution >= 0.6 is 0 Å². The Bertz CT molecular complexity index is 175. The second-order valence-corrected chi connectivity index (χ2v) is 5.58. The molecule has 0 fully saturated rings. The number of hydrogen-bond donors (Lipinski definition) is 0. The first-order chi connectivity index (χ1) is 9.41. The van der Waals surface area contributed by atoms with E-state index >= 15 is 0 Å². The fourth-order valence-electron chi connectivity index (χ4n) is 2.37. The lowest BCUT2D eigenvalue weighted by Gasteiger charge is -2.03. The zero-order valence-electron chi connectivity index (χ0n) is 13.5. The molecular weight excluding hydrogens is 232 g/mol. The zero-order chi connectivity index (χ0) is 14.0. The highest BCUT2D eigenvalue weighted by Crippen LogP contribution is 2.12. The van der Waals surface area contributed by atoms with E-state index in [1.807, 2.05) is 13.0 Å². The molecule has 0 bridgehead atoms. The van der Waals surface area contributed by atoms with E-state index < -0.39 is 0 Å². The summed E-state index contributed by atoms with van der Waals surface area (Å²) in [4.78, 5) is 0. The second-order valence-electron chi connectivity index (χ2n) is 5.58. The number of ether oxygens (including phenoxy) is 1. The molecule has 0 radical (unpaired) electrons. The highest BCUT2D eigenvalue weighted by molar-refractivity contribution is 4.64. The lowest BCUT2D eigenvalue weighted by molar-refractivity contribution is 0.240. The Balaban J connectivity index is 2.91. The number of unbranched alkanes of at least 4 members (excludes halogenated alkanes) is 12. The molecule has 114 valence electrons. The average molecular weight is 268 g/mol. The fraction of sp³-hybridized carbons (Fsp3) is 0.889. The van der Waals surface area contributed by atoms with Gasteiger partial charge in [-0.05, 0) is 13.3 Å². The monoisotopic (exact) mass is 268 g/mol. The Morgan fingerprint density at radius 3 is 1.47 bits per heavy atom. The van der Waals surface area contributed by atoms with Crippen LogP contribution in [-0.2, 0) is 4.74 Å². The van der Waals surface area contributed by atoms with Gasteiger partial charge in [0.2, 0.25) is 0 Å². The normalized spacial score (nSPS) is 11.3. The number of allylic oxidation sites excluding steroid dienone is 1. The van der Waals surface area contributed by atoms with Crippen molar-refractivity contribution < 1.29 is 4.74 Å². The SMILES string of the molecule is CC=COCCCCCCCCCCCCCCC. The van der Waals surface area contributed by atoms with Crippen LogP contribution in [0.5, 0.6) is 0 Å². The topological polar surface area (TPSA) is 9.23 Å². The largest absolute Gasteiger partial charge is 0.502 e. The van der Waals surface area contributed by atoms with Gasteiger partial charge in [0.15, 0.2) is 0 Å². The molecule has 0 amide bonds. The summed E-state index contributed by atoms with van der Waals surface area (Å²) in [5.41, 5.74) is 0. The van der Waals surface area contributed by atoms with Gasteiger partial charge in [0.25, 0.3) is 0 Å². The van der Waals surface area contributed by atoms with Gasteiger partial charge in [-0.25, -0.2) is 0 Å². The van der Waals surface area contributed by atoms with Crippen LogP contribution in [0.4, 0.5) is 0 Å². The van der Waals surface area contributed by atoms with Gasteiger partial charge in [0, 0.05) is 0 Å². The van der Waals surface area contributed by atoms with E-state index in [0.717, 1.165) is 6.61 Å². The first-order valence-electron chi connectivity index (χ1n) is 8.64. The molecule has 0 aromatic rings. The molecule has 0 saturated carbocycles. The van der Waals surface area contributed by atoms with Crippen molar-refractivity contribution in [2.45, 2.75) is 97.3 Å². The highest BCUT2D eigenvalue weighted by Gasteiger charge is 1.93. The predicted molar refractivity (Wildman–Crippen MR) is 86.5 cm³/mol. The van der Waals surface area contributed by atoms with Crippen molar-refractivity contribution in [1.29, 1.82) is 0 Å². The molecule has 0 heterocycles. The van der Waals surface area contributed by atoms with Gasteiger partial charge >= 0.3 is 0 Å². The maximum atomic E-state index is 5.30. The molecule has 0 aromatic carbocycles. The molecule has 0 rings (SSSR count).